The molecule has 0 spiro atoms. The third kappa shape index (κ3) is 4.26. The summed E-state index contributed by atoms with van der Waals surface area (Å²) in [6, 6.07) is 9.61. The lowest BCUT2D eigenvalue weighted by molar-refractivity contribution is -0.136. The molecule has 2 aromatic carbocycles. The van der Waals surface area contributed by atoms with Crippen molar-refractivity contribution >= 4 is 17.5 Å². The van der Waals surface area contributed by atoms with E-state index >= 15 is 0 Å². The number of nitrogens with one attached hydrogen (secondary N) is 2. The Morgan fingerprint density at radius 1 is 1.09 bits per heavy atom. The summed E-state index contributed by atoms with van der Waals surface area (Å²) in [7, 11) is 1.49. The smallest absolute Gasteiger partial charge is 0.313 e. The number of carbonyl (C=O) groups is 2. The van der Waals surface area contributed by atoms with Gasteiger partial charge in [-0.3, -0.25) is 9.59 Å². The van der Waals surface area contributed by atoms with E-state index < -0.39 is 23.4 Å². The van der Waals surface area contributed by atoms with E-state index in [-0.39, 0.29) is 12.2 Å². The van der Waals surface area contributed by atoms with Gasteiger partial charge in [0.25, 0.3) is 0 Å². The van der Waals surface area contributed by atoms with Crippen LogP contribution in [0.2, 0.25) is 0 Å². The van der Waals surface area contributed by atoms with E-state index in [4.69, 9.17) is 4.74 Å². The minimum Gasteiger partial charge on any atom is -0.496 e. The van der Waals surface area contributed by atoms with Crippen molar-refractivity contribution < 1.29 is 23.1 Å². The molecule has 0 saturated carbocycles. The molecule has 2 amide bonds. The van der Waals surface area contributed by atoms with Gasteiger partial charge in [-0.25, -0.2) is 8.78 Å². The van der Waals surface area contributed by atoms with Crippen molar-refractivity contribution in [2.75, 3.05) is 12.4 Å². The summed E-state index contributed by atoms with van der Waals surface area (Å²) in [6.07, 6.45) is 0. The molecule has 0 aliphatic rings. The lowest BCUT2D eigenvalue weighted by Gasteiger charge is -2.10. The third-order valence-corrected chi connectivity index (χ3v) is 3.02. The molecule has 0 aliphatic carbocycles. The normalized spacial score (nSPS) is 10.0. The second kappa shape index (κ2) is 7.35. The highest BCUT2D eigenvalue weighted by Gasteiger charge is 2.16. The van der Waals surface area contributed by atoms with Crippen LogP contribution in [0.15, 0.2) is 42.5 Å². The predicted molar refractivity (Wildman–Crippen MR) is 79.8 cm³/mol. The Bertz CT molecular complexity index is 735. The molecule has 0 aromatic heterocycles. The Morgan fingerprint density at radius 3 is 2.52 bits per heavy atom. The molecule has 0 aliphatic heterocycles. The minimum absolute atomic E-state index is 0.0716. The van der Waals surface area contributed by atoms with Gasteiger partial charge in [0, 0.05) is 18.2 Å². The van der Waals surface area contributed by atoms with Crippen LogP contribution in [-0.4, -0.2) is 18.9 Å². The molecule has 0 unspecified atom stereocenters. The highest BCUT2D eigenvalue weighted by Crippen LogP contribution is 2.17. The van der Waals surface area contributed by atoms with Gasteiger partial charge in [-0.2, -0.15) is 0 Å². The van der Waals surface area contributed by atoms with Crippen molar-refractivity contribution in [1.82, 2.24) is 5.32 Å². The number of ether oxygens (including phenoxy) is 1. The largest absolute Gasteiger partial charge is 0.496 e. The molecule has 0 heterocycles. The van der Waals surface area contributed by atoms with E-state index in [1.54, 1.807) is 24.3 Å². The number of halogens is 2. The molecule has 5 nitrogen and oxygen atoms in total. The van der Waals surface area contributed by atoms with Crippen LogP contribution in [0.4, 0.5) is 14.5 Å². The molecular formula is C16H14F2N2O3. The first-order valence-corrected chi connectivity index (χ1v) is 6.67. The molecule has 0 fully saturated rings. The van der Waals surface area contributed by atoms with Crippen LogP contribution in [0, 0.1) is 11.6 Å². The number of amides is 2. The third-order valence-electron chi connectivity index (χ3n) is 3.02. The summed E-state index contributed by atoms with van der Waals surface area (Å²) in [5, 5.41) is 4.48. The monoisotopic (exact) mass is 320 g/mol. The molecule has 2 rings (SSSR count). The molecule has 7 heteroatoms. The molecule has 2 N–H and O–H groups in total. The Kier molecular flexibility index (Phi) is 5.24. The number of benzene rings is 2. The van der Waals surface area contributed by atoms with Crippen molar-refractivity contribution in [3.05, 3.63) is 59.7 Å². The van der Waals surface area contributed by atoms with Gasteiger partial charge in [-0.05, 0) is 18.2 Å². The van der Waals surface area contributed by atoms with E-state index in [0.717, 1.165) is 12.1 Å². The molecule has 120 valence electrons. The summed E-state index contributed by atoms with van der Waals surface area (Å²) in [5.41, 5.74) is 0.410. The fourth-order valence-electron chi connectivity index (χ4n) is 1.87. The number of anilines is 1. The molecule has 0 atom stereocenters. The van der Waals surface area contributed by atoms with Gasteiger partial charge in [0.05, 0.1) is 12.8 Å². The first kappa shape index (κ1) is 16.4. The van der Waals surface area contributed by atoms with Crippen LogP contribution in [0.1, 0.15) is 5.56 Å². The maximum atomic E-state index is 13.4. The summed E-state index contributed by atoms with van der Waals surface area (Å²) in [6.45, 7) is 0.0716. The average Bonchev–Trinajstić information content (AvgIpc) is 2.55. The lowest BCUT2D eigenvalue weighted by atomic mass is 10.2. The number of para-hydroxylation sites is 1. The zero-order valence-electron chi connectivity index (χ0n) is 12.2. The topological polar surface area (TPSA) is 67.4 Å². The second-order valence-electron chi connectivity index (χ2n) is 4.57. The van der Waals surface area contributed by atoms with Gasteiger partial charge in [0.2, 0.25) is 0 Å². The number of hydrogen-bond acceptors (Lipinski definition) is 3. The fourth-order valence-corrected chi connectivity index (χ4v) is 1.87. The van der Waals surface area contributed by atoms with Crippen LogP contribution in [0.5, 0.6) is 5.75 Å². The van der Waals surface area contributed by atoms with Crippen LogP contribution < -0.4 is 15.4 Å². The SMILES string of the molecule is COc1ccccc1CNC(=O)C(=O)Nc1ccc(F)cc1F. The zero-order chi connectivity index (χ0) is 16.8. The Balaban J connectivity index is 1.96. The Hall–Kier alpha value is -2.96. The number of methoxy groups -OCH3 is 1. The maximum absolute atomic E-state index is 13.4. The van der Waals surface area contributed by atoms with Crippen molar-refractivity contribution in [1.29, 1.82) is 0 Å². The summed E-state index contributed by atoms with van der Waals surface area (Å²) in [5.74, 6) is -3.17. The maximum Gasteiger partial charge on any atom is 0.313 e. The summed E-state index contributed by atoms with van der Waals surface area (Å²) >= 11 is 0. The second-order valence-corrected chi connectivity index (χ2v) is 4.57. The van der Waals surface area contributed by atoms with E-state index in [2.05, 4.69) is 10.6 Å². The summed E-state index contributed by atoms with van der Waals surface area (Å²) in [4.78, 5) is 23.4. The van der Waals surface area contributed by atoms with Crippen LogP contribution >= 0.6 is 0 Å². The van der Waals surface area contributed by atoms with Gasteiger partial charge in [-0.15, -0.1) is 0 Å². The minimum atomic E-state index is -1.05. The van der Waals surface area contributed by atoms with Gasteiger partial charge in [0.1, 0.15) is 17.4 Å². The van der Waals surface area contributed by atoms with E-state index in [1.165, 1.54) is 7.11 Å². The van der Waals surface area contributed by atoms with Gasteiger partial charge < -0.3 is 15.4 Å². The number of carbonyl (C=O) groups excluding carboxylic acids is 2. The van der Waals surface area contributed by atoms with Crippen molar-refractivity contribution in [2.45, 2.75) is 6.54 Å². The van der Waals surface area contributed by atoms with Crippen molar-refractivity contribution in [3.8, 4) is 5.75 Å². The molecular weight excluding hydrogens is 306 g/mol. The van der Waals surface area contributed by atoms with Gasteiger partial charge in [0.15, 0.2) is 0 Å². The summed E-state index contributed by atoms with van der Waals surface area (Å²) < 4.78 is 31.3. The van der Waals surface area contributed by atoms with Crippen LogP contribution in [0.25, 0.3) is 0 Å². The first-order chi connectivity index (χ1) is 11.0. The Morgan fingerprint density at radius 2 is 1.83 bits per heavy atom. The molecule has 0 bridgehead atoms. The van der Waals surface area contributed by atoms with E-state index in [0.29, 0.717) is 17.4 Å². The Labute approximate surface area is 131 Å². The van der Waals surface area contributed by atoms with E-state index in [9.17, 15) is 18.4 Å². The standard InChI is InChI=1S/C16H14F2N2O3/c1-23-14-5-3-2-4-10(14)9-19-15(21)16(22)20-13-7-6-11(17)8-12(13)18/h2-8H,9H2,1H3,(H,19,21)(H,20,22). The van der Waals surface area contributed by atoms with Crippen LogP contribution in [-0.2, 0) is 16.1 Å². The van der Waals surface area contributed by atoms with Crippen molar-refractivity contribution in [2.24, 2.45) is 0 Å². The number of rotatable bonds is 4. The molecule has 0 saturated heterocycles. The fraction of sp³-hybridized carbons (Fsp3) is 0.125. The number of hydrogen-bond donors (Lipinski definition) is 2. The predicted octanol–water partition coefficient (Wildman–Crippen LogP) is 2.23. The van der Waals surface area contributed by atoms with Crippen LogP contribution in [0.3, 0.4) is 0 Å². The van der Waals surface area contributed by atoms with E-state index in [1.807, 2.05) is 0 Å². The van der Waals surface area contributed by atoms with Gasteiger partial charge >= 0.3 is 11.8 Å². The van der Waals surface area contributed by atoms with Crippen molar-refractivity contribution in [3.63, 3.8) is 0 Å². The highest BCUT2D eigenvalue weighted by atomic mass is 19.1. The highest BCUT2D eigenvalue weighted by molar-refractivity contribution is 6.39. The first-order valence-electron chi connectivity index (χ1n) is 6.67. The lowest BCUT2D eigenvalue weighted by Crippen LogP contribution is -2.35. The van der Waals surface area contributed by atoms with Gasteiger partial charge in [-0.1, -0.05) is 18.2 Å². The quantitative estimate of drug-likeness (QED) is 0.849. The molecule has 0 radical (unpaired) electrons. The zero-order valence-corrected chi connectivity index (χ0v) is 12.2. The molecule has 2 aromatic rings. The average molecular weight is 320 g/mol. The molecule has 23 heavy (non-hydrogen) atoms.